The molecule has 1 amide bonds. The van der Waals surface area contributed by atoms with E-state index in [1.807, 2.05) is 13.0 Å². The van der Waals surface area contributed by atoms with Gasteiger partial charge in [0.25, 0.3) is 5.91 Å². The summed E-state index contributed by atoms with van der Waals surface area (Å²) in [5.74, 6) is -0.233. The highest BCUT2D eigenvalue weighted by Gasteiger charge is 2.25. The van der Waals surface area contributed by atoms with Crippen LogP contribution >= 0.6 is 0 Å². The van der Waals surface area contributed by atoms with Gasteiger partial charge in [-0.2, -0.15) is 0 Å². The van der Waals surface area contributed by atoms with Crippen molar-refractivity contribution in [2.45, 2.75) is 27.7 Å². The number of carbonyl (C=O) groups is 2. The van der Waals surface area contributed by atoms with E-state index in [1.165, 1.54) is 0 Å². The quantitative estimate of drug-likeness (QED) is 0.881. The molecule has 122 valence electrons. The van der Waals surface area contributed by atoms with Crippen LogP contribution in [-0.2, 0) is 11.8 Å². The lowest BCUT2D eigenvalue weighted by Gasteiger charge is -2.06. The number of rotatable bonds is 4. The predicted octanol–water partition coefficient (Wildman–Crippen LogP) is 2.77. The fourth-order valence-electron chi connectivity index (χ4n) is 2.58. The standard InChI is InChI=1S/C17H21N3O3/c1-6-23-17(22)15-11(3)14(12(4)20(15)5)16(21)19-13-9-10(2)7-8-18-13/h7-9H,6H2,1-5H3,(H,18,19,21). The minimum Gasteiger partial charge on any atom is -0.461 e. The normalized spacial score (nSPS) is 10.5. The lowest BCUT2D eigenvalue weighted by molar-refractivity contribution is 0.0514. The second-order valence-electron chi connectivity index (χ2n) is 5.39. The van der Waals surface area contributed by atoms with Crippen LogP contribution in [0.25, 0.3) is 0 Å². The fourth-order valence-corrected chi connectivity index (χ4v) is 2.58. The Balaban J connectivity index is 2.38. The predicted molar refractivity (Wildman–Crippen MR) is 87.8 cm³/mol. The minimum atomic E-state index is -0.427. The molecule has 0 saturated heterocycles. The zero-order chi connectivity index (χ0) is 17.1. The monoisotopic (exact) mass is 315 g/mol. The fraction of sp³-hybridized carbons (Fsp3) is 0.353. The molecular formula is C17H21N3O3. The largest absolute Gasteiger partial charge is 0.461 e. The number of esters is 1. The summed E-state index contributed by atoms with van der Waals surface area (Å²) in [7, 11) is 1.75. The maximum atomic E-state index is 12.6. The van der Waals surface area contributed by atoms with E-state index in [0.29, 0.717) is 28.3 Å². The van der Waals surface area contributed by atoms with Gasteiger partial charge in [-0.3, -0.25) is 4.79 Å². The second-order valence-corrected chi connectivity index (χ2v) is 5.39. The number of hydrogen-bond acceptors (Lipinski definition) is 4. The summed E-state index contributed by atoms with van der Waals surface area (Å²) >= 11 is 0. The third-order valence-electron chi connectivity index (χ3n) is 3.78. The molecule has 0 aliphatic rings. The van der Waals surface area contributed by atoms with Crippen LogP contribution in [0.3, 0.4) is 0 Å². The Bertz CT molecular complexity index is 763. The summed E-state index contributed by atoms with van der Waals surface area (Å²) < 4.78 is 6.75. The van der Waals surface area contributed by atoms with Crippen LogP contribution in [0.4, 0.5) is 5.82 Å². The molecule has 0 fully saturated rings. The highest BCUT2D eigenvalue weighted by atomic mass is 16.5. The maximum Gasteiger partial charge on any atom is 0.355 e. The van der Waals surface area contributed by atoms with Crippen LogP contribution in [0.2, 0.25) is 0 Å². The Hall–Kier alpha value is -2.63. The first-order valence-electron chi connectivity index (χ1n) is 7.43. The van der Waals surface area contributed by atoms with Crippen LogP contribution in [0, 0.1) is 20.8 Å². The lowest BCUT2D eigenvalue weighted by Crippen LogP contribution is -2.15. The Kier molecular flexibility index (Phi) is 4.83. The molecule has 6 heteroatoms. The smallest absolute Gasteiger partial charge is 0.355 e. The zero-order valence-electron chi connectivity index (χ0n) is 14.1. The van der Waals surface area contributed by atoms with Gasteiger partial charge in [0.05, 0.1) is 12.2 Å². The number of pyridine rings is 1. The summed E-state index contributed by atoms with van der Waals surface area (Å²) in [4.78, 5) is 28.8. The highest BCUT2D eigenvalue weighted by Crippen LogP contribution is 2.23. The van der Waals surface area contributed by atoms with E-state index < -0.39 is 5.97 Å². The third kappa shape index (κ3) is 3.26. The van der Waals surface area contributed by atoms with E-state index >= 15 is 0 Å². The molecule has 23 heavy (non-hydrogen) atoms. The minimum absolute atomic E-state index is 0.288. The number of nitrogens with zero attached hydrogens (tertiary/aromatic N) is 2. The first kappa shape index (κ1) is 16.7. The summed E-state index contributed by atoms with van der Waals surface area (Å²) in [5, 5.41) is 2.78. The van der Waals surface area contributed by atoms with Crippen LogP contribution in [0.1, 0.15) is 44.6 Å². The SMILES string of the molecule is CCOC(=O)c1c(C)c(C(=O)Nc2cc(C)ccn2)c(C)n1C. The Morgan fingerprint density at radius 3 is 2.61 bits per heavy atom. The molecule has 0 aliphatic heterocycles. The Morgan fingerprint density at radius 2 is 2.00 bits per heavy atom. The molecule has 2 aromatic heterocycles. The van der Waals surface area contributed by atoms with Crippen LogP contribution in [0.5, 0.6) is 0 Å². The number of nitrogens with one attached hydrogen (secondary N) is 1. The molecule has 0 spiro atoms. The van der Waals surface area contributed by atoms with E-state index in [9.17, 15) is 9.59 Å². The van der Waals surface area contributed by atoms with Crippen molar-refractivity contribution in [2.24, 2.45) is 7.05 Å². The first-order valence-corrected chi connectivity index (χ1v) is 7.43. The number of aromatic nitrogens is 2. The number of amides is 1. The molecule has 0 aliphatic carbocycles. The van der Waals surface area contributed by atoms with Crippen LogP contribution < -0.4 is 5.32 Å². The van der Waals surface area contributed by atoms with Crippen molar-refractivity contribution in [2.75, 3.05) is 11.9 Å². The second kappa shape index (κ2) is 6.64. The van der Waals surface area contributed by atoms with Gasteiger partial charge in [-0.1, -0.05) is 0 Å². The van der Waals surface area contributed by atoms with Crippen molar-refractivity contribution < 1.29 is 14.3 Å². The summed E-state index contributed by atoms with van der Waals surface area (Å²) in [6, 6.07) is 3.64. The van der Waals surface area contributed by atoms with Gasteiger partial charge in [0, 0.05) is 18.9 Å². The lowest BCUT2D eigenvalue weighted by atomic mass is 10.1. The van der Waals surface area contributed by atoms with Gasteiger partial charge in [0.1, 0.15) is 11.5 Å². The van der Waals surface area contributed by atoms with E-state index in [1.54, 1.807) is 44.6 Å². The first-order chi connectivity index (χ1) is 10.9. The molecular weight excluding hydrogens is 294 g/mol. The van der Waals surface area contributed by atoms with Gasteiger partial charge in [0.15, 0.2) is 0 Å². The van der Waals surface area contributed by atoms with Crippen molar-refractivity contribution in [3.05, 3.63) is 46.4 Å². The number of anilines is 1. The number of carbonyl (C=O) groups excluding carboxylic acids is 2. The van der Waals surface area contributed by atoms with Crippen molar-refractivity contribution in [1.82, 2.24) is 9.55 Å². The van der Waals surface area contributed by atoms with Crippen molar-refractivity contribution in [3.8, 4) is 0 Å². The summed E-state index contributed by atoms with van der Waals surface area (Å²) in [5.41, 5.74) is 3.18. The number of aryl methyl sites for hydroxylation is 1. The van der Waals surface area contributed by atoms with Crippen LogP contribution in [0.15, 0.2) is 18.3 Å². The molecule has 0 radical (unpaired) electrons. The van der Waals surface area contributed by atoms with Crippen molar-refractivity contribution in [1.29, 1.82) is 0 Å². The van der Waals surface area contributed by atoms with E-state index in [0.717, 1.165) is 5.56 Å². The number of hydrogen-bond donors (Lipinski definition) is 1. The Morgan fingerprint density at radius 1 is 1.30 bits per heavy atom. The van der Waals surface area contributed by atoms with Gasteiger partial charge in [0.2, 0.25) is 0 Å². The molecule has 6 nitrogen and oxygen atoms in total. The molecule has 0 unspecified atom stereocenters. The number of ether oxygens (including phenoxy) is 1. The van der Waals surface area contributed by atoms with Gasteiger partial charge in [-0.15, -0.1) is 0 Å². The zero-order valence-corrected chi connectivity index (χ0v) is 14.1. The molecule has 1 N–H and O–H groups in total. The van der Waals surface area contributed by atoms with E-state index in [-0.39, 0.29) is 12.5 Å². The molecule has 0 bridgehead atoms. The molecule has 0 atom stereocenters. The van der Waals surface area contributed by atoms with E-state index in [2.05, 4.69) is 10.3 Å². The van der Waals surface area contributed by atoms with Gasteiger partial charge in [-0.05, 0) is 51.0 Å². The maximum absolute atomic E-state index is 12.6. The third-order valence-corrected chi connectivity index (χ3v) is 3.78. The summed E-state index contributed by atoms with van der Waals surface area (Å²) in [6.45, 7) is 7.51. The molecule has 2 rings (SSSR count). The van der Waals surface area contributed by atoms with Gasteiger partial charge >= 0.3 is 5.97 Å². The van der Waals surface area contributed by atoms with E-state index in [4.69, 9.17) is 4.74 Å². The van der Waals surface area contributed by atoms with Crippen LogP contribution in [-0.4, -0.2) is 28.0 Å². The average molecular weight is 315 g/mol. The van der Waals surface area contributed by atoms with Crippen molar-refractivity contribution in [3.63, 3.8) is 0 Å². The molecule has 2 aromatic rings. The highest BCUT2D eigenvalue weighted by molar-refractivity contribution is 6.08. The van der Waals surface area contributed by atoms with Gasteiger partial charge < -0.3 is 14.6 Å². The van der Waals surface area contributed by atoms with Crippen molar-refractivity contribution >= 4 is 17.7 Å². The van der Waals surface area contributed by atoms with Gasteiger partial charge in [-0.25, -0.2) is 9.78 Å². The Labute approximate surface area is 135 Å². The average Bonchev–Trinajstić information content (AvgIpc) is 2.69. The molecule has 2 heterocycles. The summed E-state index contributed by atoms with van der Waals surface area (Å²) in [6.07, 6.45) is 1.64. The molecule has 0 saturated carbocycles. The topological polar surface area (TPSA) is 73.2 Å². The molecule has 0 aromatic carbocycles.